The molecule has 0 aromatic carbocycles. The van der Waals surface area contributed by atoms with E-state index >= 15 is 0 Å². The summed E-state index contributed by atoms with van der Waals surface area (Å²) in [4.78, 5) is 2.67. The summed E-state index contributed by atoms with van der Waals surface area (Å²) in [5.74, 6) is 1.81. The van der Waals surface area contributed by atoms with Crippen molar-refractivity contribution in [3.8, 4) is 0 Å². The summed E-state index contributed by atoms with van der Waals surface area (Å²) < 4.78 is 0. The minimum absolute atomic E-state index is 0.536. The largest absolute Gasteiger partial charge is 0.301 e. The van der Waals surface area contributed by atoms with Gasteiger partial charge in [0.1, 0.15) is 0 Å². The van der Waals surface area contributed by atoms with Gasteiger partial charge in [0.2, 0.25) is 0 Å². The first-order chi connectivity index (χ1) is 8.38. The average Bonchev–Trinajstić information content (AvgIpc) is 2.23. The van der Waals surface area contributed by atoms with Crippen LogP contribution < -0.4 is 0 Å². The molecule has 1 saturated heterocycles. The van der Waals surface area contributed by atoms with Crippen LogP contribution in [-0.2, 0) is 0 Å². The Morgan fingerprint density at radius 2 is 1.83 bits per heavy atom. The van der Waals surface area contributed by atoms with Crippen LogP contribution in [0.4, 0.5) is 0 Å². The molecule has 0 amide bonds. The van der Waals surface area contributed by atoms with E-state index in [-0.39, 0.29) is 0 Å². The van der Waals surface area contributed by atoms with Gasteiger partial charge in [-0.15, -0.1) is 0 Å². The molecule has 0 N–H and O–H groups in total. The molecule has 108 valence electrons. The van der Waals surface area contributed by atoms with Crippen LogP contribution in [0.5, 0.6) is 0 Å². The Kier molecular flexibility index (Phi) is 6.17. The van der Waals surface area contributed by atoms with E-state index < -0.39 is 0 Å². The lowest BCUT2D eigenvalue weighted by Gasteiger charge is -2.42. The summed E-state index contributed by atoms with van der Waals surface area (Å²) in [5, 5.41) is 0. The zero-order valence-corrected chi connectivity index (χ0v) is 13.6. The molecule has 1 heterocycles. The molecule has 0 aromatic rings. The molecule has 2 atom stereocenters. The van der Waals surface area contributed by atoms with Gasteiger partial charge in [0, 0.05) is 6.04 Å². The molecule has 1 aliphatic rings. The predicted molar refractivity (Wildman–Crippen MR) is 81.9 cm³/mol. The summed E-state index contributed by atoms with van der Waals surface area (Å²) in [6.45, 7) is 17.1. The van der Waals surface area contributed by atoms with Gasteiger partial charge in [-0.3, -0.25) is 0 Å². The maximum atomic E-state index is 2.67. The number of rotatable bonds is 4. The topological polar surface area (TPSA) is 3.24 Å². The van der Waals surface area contributed by atoms with Crippen molar-refractivity contribution in [2.24, 2.45) is 17.3 Å². The van der Waals surface area contributed by atoms with Gasteiger partial charge in [-0.25, -0.2) is 0 Å². The molecule has 18 heavy (non-hydrogen) atoms. The Hall–Kier alpha value is -0.0400. The van der Waals surface area contributed by atoms with Crippen LogP contribution in [0.2, 0.25) is 0 Å². The molecule has 1 heteroatoms. The van der Waals surface area contributed by atoms with Crippen LogP contribution in [0, 0.1) is 17.3 Å². The Morgan fingerprint density at radius 3 is 2.39 bits per heavy atom. The maximum Gasteiger partial charge on any atom is 0.00385 e. The predicted octanol–water partition coefficient (Wildman–Crippen LogP) is 4.96. The van der Waals surface area contributed by atoms with Gasteiger partial charge in [-0.2, -0.15) is 0 Å². The van der Waals surface area contributed by atoms with E-state index in [0.29, 0.717) is 5.41 Å². The summed E-state index contributed by atoms with van der Waals surface area (Å²) in [6.07, 6.45) is 6.91. The Bertz CT molecular complexity index is 232. The standard InChI is InChI=1S/C17H35N/c1-7-11-17(5,6)16-9-8-12-18(14(2)3)13-10-15(16)4/h14-16H,7-13H2,1-6H3/t15?,16-/m1/s1. The van der Waals surface area contributed by atoms with Gasteiger partial charge in [-0.1, -0.05) is 34.1 Å². The van der Waals surface area contributed by atoms with Gasteiger partial charge >= 0.3 is 0 Å². The smallest absolute Gasteiger partial charge is 0.00385 e. The molecule has 1 fully saturated rings. The van der Waals surface area contributed by atoms with Crippen molar-refractivity contribution in [1.29, 1.82) is 0 Å². The molecule has 0 bridgehead atoms. The number of hydrogen-bond acceptors (Lipinski definition) is 1. The minimum atomic E-state index is 0.536. The van der Waals surface area contributed by atoms with Crippen molar-refractivity contribution < 1.29 is 0 Å². The van der Waals surface area contributed by atoms with Gasteiger partial charge in [0.25, 0.3) is 0 Å². The summed E-state index contributed by atoms with van der Waals surface area (Å²) in [5.41, 5.74) is 0.536. The second kappa shape index (κ2) is 6.93. The van der Waals surface area contributed by atoms with Crippen LogP contribution in [0.3, 0.4) is 0 Å². The lowest BCUT2D eigenvalue weighted by molar-refractivity contribution is 0.0790. The fraction of sp³-hybridized carbons (Fsp3) is 1.00. The second-order valence-corrected chi connectivity index (χ2v) is 7.38. The molecule has 1 unspecified atom stereocenters. The van der Waals surface area contributed by atoms with Crippen LogP contribution in [-0.4, -0.2) is 24.0 Å². The average molecular weight is 253 g/mol. The minimum Gasteiger partial charge on any atom is -0.301 e. The zero-order chi connectivity index (χ0) is 13.8. The first-order valence-electron chi connectivity index (χ1n) is 8.12. The summed E-state index contributed by atoms with van der Waals surface area (Å²) in [6, 6.07) is 0.720. The van der Waals surface area contributed by atoms with Crippen molar-refractivity contribution in [2.75, 3.05) is 13.1 Å². The van der Waals surface area contributed by atoms with Crippen LogP contribution in [0.15, 0.2) is 0 Å². The van der Waals surface area contributed by atoms with Crippen LogP contribution in [0.25, 0.3) is 0 Å². The zero-order valence-electron chi connectivity index (χ0n) is 13.6. The molecule has 0 aliphatic carbocycles. The highest BCUT2D eigenvalue weighted by atomic mass is 15.1. The third kappa shape index (κ3) is 4.26. The van der Waals surface area contributed by atoms with E-state index in [0.717, 1.165) is 17.9 Å². The fourth-order valence-corrected chi connectivity index (χ4v) is 3.99. The lowest BCUT2D eigenvalue weighted by Crippen LogP contribution is -2.39. The molecule has 1 nitrogen and oxygen atoms in total. The Balaban J connectivity index is 2.63. The van der Waals surface area contributed by atoms with Gasteiger partial charge in [0.05, 0.1) is 0 Å². The van der Waals surface area contributed by atoms with E-state index in [1.165, 1.54) is 45.2 Å². The van der Waals surface area contributed by atoms with E-state index in [1.54, 1.807) is 0 Å². The van der Waals surface area contributed by atoms with Crippen molar-refractivity contribution in [2.45, 2.75) is 79.7 Å². The third-order valence-electron chi connectivity index (χ3n) is 5.15. The lowest BCUT2D eigenvalue weighted by atomic mass is 9.67. The number of nitrogens with zero attached hydrogens (tertiary/aromatic N) is 1. The highest BCUT2D eigenvalue weighted by Crippen LogP contribution is 2.41. The molecule has 0 radical (unpaired) electrons. The van der Waals surface area contributed by atoms with Crippen molar-refractivity contribution >= 4 is 0 Å². The van der Waals surface area contributed by atoms with Crippen molar-refractivity contribution in [3.05, 3.63) is 0 Å². The second-order valence-electron chi connectivity index (χ2n) is 7.38. The van der Waals surface area contributed by atoms with E-state index in [2.05, 4.69) is 46.4 Å². The van der Waals surface area contributed by atoms with Gasteiger partial charge in [0.15, 0.2) is 0 Å². The quantitative estimate of drug-likeness (QED) is 0.684. The van der Waals surface area contributed by atoms with Gasteiger partial charge < -0.3 is 4.90 Å². The molecular formula is C17H35N. The first-order valence-corrected chi connectivity index (χ1v) is 8.12. The summed E-state index contributed by atoms with van der Waals surface area (Å²) in [7, 11) is 0. The Morgan fingerprint density at radius 1 is 1.17 bits per heavy atom. The first kappa shape index (κ1) is 16.0. The third-order valence-corrected chi connectivity index (χ3v) is 5.15. The van der Waals surface area contributed by atoms with E-state index in [9.17, 15) is 0 Å². The number of hydrogen-bond donors (Lipinski definition) is 0. The van der Waals surface area contributed by atoms with Crippen LogP contribution >= 0.6 is 0 Å². The SMILES string of the molecule is CCCC(C)(C)[C@@H]1CCCN(C(C)C)CCC1C. The fourth-order valence-electron chi connectivity index (χ4n) is 3.99. The monoisotopic (exact) mass is 253 g/mol. The van der Waals surface area contributed by atoms with E-state index in [1.807, 2.05) is 0 Å². The van der Waals surface area contributed by atoms with Crippen molar-refractivity contribution in [1.82, 2.24) is 4.90 Å². The van der Waals surface area contributed by atoms with Gasteiger partial charge in [-0.05, 0) is 69.9 Å². The normalized spacial score (nSPS) is 28.2. The van der Waals surface area contributed by atoms with E-state index in [4.69, 9.17) is 0 Å². The molecule has 1 aliphatic heterocycles. The van der Waals surface area contributed by atoms with Crippen molar-refractivity contribution in [3.63, 3.8) is 0 Å². The van der Waals surface area contributed by atoms with Crippen LogP contribution in [0.1, 0.15) is 73.6 Å². The molecule has 0 aromatic heterocycles. The highest BCUT2D eigenvalue weighted by Gasteiger charge is 2.33. The highest BCUT2D eigenvalue weighted by molar-refractivity contribution is 4.84. The molecule has 1 rings (SSSR count). The maximum absolute atomic E-state index is 2.67. The molecular weight excluding hydrogens is 218 g/mol. The summed E-state index contributed by atoms with van der Waals surface area (Å²) >= 11 is 0. The molecule has 0 saturated carbocycles. The Labute approximate surface area is 115 Å². The molecule has 0 spiro atoms. The number of likely N-dealkylation sites (tertiary alicyclic amines) is 1.